The lowest BCUT2D eigenvalue weighted by Gasteiger charge is -2.40. The maximum Gasteiger partial charge on any atom is 0.140 e. The highest BCUT2D eigenvalue weighted by atomic mass is 16.3. The Kier molecular flexibility index (Phi) is 3.04. The molecule has 0 saturated carbocycles. The SMILES string of the molecule is CCn1ccnc1C1(O)CCN(C)C(C)C1. The smallest absolute Gasteiger partial charge is 0.140 e. The fourth-order valence-corrected chi connectivity index (χ4v) is 2.50. The molecular formula is C12H21N3O. The minimum absolute atomic E-state index is 0.403. The Hall–Kier alpha value is -0.870. The molecule has 2 unspecified atom stereocenters. The molecule has 1 aromatic heterocycles. The van der Waals surface area contributed by atoms with Gasteiger partial charge in [0.25, 0.3) is 0 Å². The summed E-state index contributed by atoms with van der Waals surface area (Å²) in [4.78, 5) is 6.62. The minimum atomic E-state index is -0.745. The lowest BCUT2D eigenvalue weighted by molar-refractivity contribution is -0.0497. The van der Waals surface area contributed by atoms with Crippen molar-refractivity contribution in [2.45, 2.75) is 44.9 Å². The van der Waals surface area contributed by atoms with Gasteiger partial charge < -0.3 is 14.6 Å². The molecule has 0 aliphatic carbocycles. The summed E-state index contributed by atoms with van der Waals surface area (Å²) in [5.74, 6) is 0.829. The number of piperidine rings is 1. The van der Waals surface area contributed by atoms with Crippen LogP contribution in [0.3, 0.4) is 0 Å². The van der Waals surface area contributed by atoms with Gasteiger partial charge in [-0.3, -0.25) is 0 Å². The number of hydrogen-bond acceptors (Lipinski definition) is 3. The van der Waals surface area contributed by atoms with Gasteiger partial charge in [-0.2, -0.15) is 0 Å². The van der Waals surface area contributed by atoms with Crippen LogP contribution in [0, 0.1) is 0 Å². The van der Waals surface area contributed by atoms with Crippen molar-refractivity contribution < 1.29 is 5.11 Å². The number of hydrogen-bond donors (Lipinski definition) is 1. The Morgan fingerprint density at radius 3 is 3.00 bits per heavy atom. The van der Waals surface area contributed by atoms with Gasteiger partial charge >= 0.3 is 0 Å². The third-order valence-corrected chi connectivity index (χ3v) is 3.74. The molecule has 1 fully saturated rings. The Balaban J connectivity index is 2.25. The van der Waals surface area contributed by atoms with Gasteiger partial charge in [0.1, 0.15) is 11.4 Å². The van der Waals surface area contributed by atoms with E-state index in [0.717, 1.165) is 31.8 Å². The van der Waals surface area contributed by atoms with Crippen molar-refractivity contribution >= 4 is 0 Å². The van der Waals surface area contributed by atoms with E-state index >= 15 is 0 Å². The van der Waals surface area contributed by atoms with E-state index in [2.05, 4.69) is 30.8 Å². The molecule has 1 aliphatic heterocycles. The Morgan fingerprint density at radius 1 is 1.62 bits per heavy atom. The zero-order chi connectivity index (χ0) is 11.8. The first-order chi connectivity index (χ1) is 7.57. The molecular weight excluding hydrogens is 202 g/mol. The van der Waals surface area contributed by atoms with E-state index in [9.17, 15) is 5.11 Å². The van der Waals surface area contributed by atoms with Crippen LogP contribution in [0.25, 0.3) is 0 Å². The molecule has 4 nitrogen and oxygen atoms in total. The lowest BCUT2D eigenvalue weighted by Crippen LogP contribution is -2.47. The van der Waals surface area contributed by atoms with Crippen LogP contribution in [-0.4, -0.2) is 39.2 Å². The number of aromatic nitrogens is 2. The molecule has 1 aliphatic rings. The molecule has 16 heavy (non-hydrogen) atoms. The summed E-state index contributed by atoms with van der Waals surface area (Å²) < 4.78 is 2.04. The molecule has 90 valence electrons. The van der Waals surface area contributed by atoms with E-state index in [-0.39, 0.29) is 0 Å². The molecule has 0 aromatic carbocycles. The summed E-state index contributed by atoms with van der Waals surface area (Å²) in [6, 6.07) is 0.403. The number of imidazole rings is 1. The first-order valence-electron chi connectivity index (χ1n) is 6.01. The quantitative estimate of drug-likeness (QED) is 0.819. The van der Waals surface area contributed by atoms with Crippen LogP contribution in [0.1, 0.15) is 32.5 Å². The zero-order valence-electron chi connectivity index (χ0n) is 10.3. The first-order valence-corrected chi connectivity index (χ1v) is 6.01. The maximum atomic E-state index is 10.7. The predicted molar refractivity (Wildman–Crippen MR) is 63.1 cm³/mol. The van der Waals surface area contributed by atoms with Gasteiger partial charge in [0.15, 0.2) is 0 Å². The number of rotatable bonds is 2. The van der Waals surface area contributed by atoms with Crippen LogP contribution in [0.5, 0.6) is 0 Å². The van der Waals surface area contributed by atoms with Crippen LogP contribution in [-0.2, 0) is 12.1 Å². The van der Waals surface area contributed by atoms with Gasteiger partial charge in [-0.15, -0.1) is 0 Å². The fourth-order valence-electron chi connectivity index (χ4n) is 2.50. The van der Waals surface area contributed by atoms with Gasteiger partial charge in [0.2, 0.25) is 0 Å². The second-order valence-corrected chi connectivity index (χ2v) is 4.85. The van der Waals surface area contributed by atoms with Crippen molar-refractivity contribution in [1.82, 2.24) is 14.5 Å². The summed E-state index contributed by atoms with van der Waals surface area (Å²) in [6.45, 7) is 6.02. The van der Waals surface area contributed by atoms with E-state index in [1.165, 1.54) is 0 Å². The average molecular weight is 223 g/mol. The van der Waals surface area contributed by atoms with Crippen molar-refractivity contribution in [2.24, 2.45) is 0 Å². The van der Waals surface area contributed by atoms with E-state index in [1.807, 2.05) is 10.8 Å². The molecule has 2 heterocycles. The standard InChI is InChI=1S/C12H21N3O/c1-4-15-8-6-13-11(15)12(16)5-7-14(3)10(2)9-12/h6,8,10,16H,4-5,7,9H2,1-3H3. The van der Waals surface area contributed by atoms with Crippen LogP contribution in [0.2, 0.25) is 0 Å². The first kappa shape index (κ1) is 11.6. The van der Waals surface area contributed by atoms with Crippen LogP contribution in [0.15, 0.2) is 12.4 Å². The monoisotopic (exact) mass is 223 g/mol. The summed E-state index contributed by atoms with van der Waals surface area (Å²) in [5.41, 5.74) is -0.745. The molecule has 2 rings (SSSR count). The maximum absolute atomic E-state index is 10.7. The molecule has 1 aromatic rings. The van der Waals surface area contributed by atoms with E-state index in [0.29, 0.717) is 6.04 Å². The second kappa shape index (κ2) is 4.18. The highest BCUT2D eigenvalue weighted by molar-refractivity contribution is 5.08. The van der Waals surface area contributed by atoms with Crippen molar-refractivity contribution in [3.8, 4) is 0 Å². The summed E-state index contributed by atoms with van der Waals surface area (Å²) in [6.07, 6.45) is 5.25. The average Bonchev–Trinajstić information content (AvgIpc) is 2.73. The highest BCUT2D eigenvalue weighted by Crippen LogP contribution is 2.34. The molecule has 2 atom stereocenters. The third-order valence-electron chi connectivity index (χ3n) is 3.74. The summed E-state index contributed by atoms with van der Waals surface area (Å²) in [7, 11) is 2.11. The lowest BCUT2D eigenvalue weighted by atomic mass is 9.86. The van der Waals surface area contributed by atoms with Crippen molar-refractivity contribution in [3.05, 3.63) is 18.2 Å². The normalized spacial score (nSPS) is 31.9. The molecule has 1 N–H and O–H groups in total. The van der Waals surface area contributed by atoms with Gasteiger partial charge in [-0.1, -0.05) is 0 Å². The van der Waals surface area contributed by atoms with Gasteiger partial charge in [-0.05, 0) is 33.7 Å². The Morgan fingerprint density at radius 2 is 2.38 bits per heavy atom. The molecule has 0 amide bonds. The fraction of sp³-hybridized carbons (Fsp3) is 0.750. The van der Waals surface area contributed by atoms with Crippen molar-refractivity contribution in [2.75, 3.05) is 13.6 Å². The van der Waals surface area contributed by atoms with E-state index < -0.39 is 5.60 Å². The largest absolute Gasteiger partial charge is 0.382 e. The molecule has 0 bridgehead atoms. The molecule has 4 heteroatoms. The van der Waals surface area contributed by atoms with Crippen LogP contribution >= 0.6 is 0 Å². The Bertz CT molecular complexity index is 363. The van der Waals surface area contributed by atoms with Crippen LogP contribution in [0.4, 0.5) is 0 Å². The zero-order valence-corrected chi connectivity index (χ0v) is 10.3. The summed E-state index contributed by atoms with van der Waals surface area (Å²) in [5, 5.41) is 10.7. The van der Waals surface area contributed by atoms with Gasteiger partial charge in [0, 0.05) is 31.5 Å². The Labute approximate surface area is 96.9 Å². The molecule has 1 saturated heterocycles. The third kappa shape index (κ3) is 1.87. The topological polar surface area (TPSA) is 41.3 Å². The minimum Gasteiger partial charge on any atom is -0.382 e. The number of likely N-dealkylation sites (tertiary alicyclic amines) is 1. The van der Waals surface area contributed by atoms with Gasteiger partial charge in [-0.25, -0.2) is 4.98 Å². The number of aryl methyl sites for hydroxylation is 1. The van der Waals surface area contributed by atoms with Crippen molar-refractivity contribution in [3.63, 3.8) is 0 Å². The number of nitrogens with zero attached hydrogens (tertiary/aromatic N) is 3. The van der Waals surface area contributed by atoms with Crippen molar-refractivity contribution in [1.29, 1.82) is 0 Å². The highest BCUT2D eigenvalue weighted by Gasteiger charge is 2.39. The van der Waals surface area contributed by atoms with Gasteiger partial charge in [0.05, 0.1) is 0 Å². The van der Waals surface area contributed by atoms with Crippen LogP contribution < -0.4 is 0 Å². The summed E-state index contributed by atoms with van der Waals surface area (Å²) >= 11 is 0. The predicted octanol–water partition coefficient (Wildman–Crippen LogP) is 1.20. The van der Waals surface area contributed by atoms with E-state index in [4.69, 9.17) is 0 Å². The number of aliphatic hydroxyl groups is 1. The molecule has 0 spiro atoms. The molecule has 0 radical (unpaired) electrons. The second-order valence-electron chi connectivity index (χ2n) is 4.85. The van der Waals surface area contributed by atoms with E-state index in [1.54, 1.807) is 6.20 Å².